The summed E-state index contributed by atoms with van der Waals surface area (Å²) in [6.45, 7) is 7.63. The number of amidine groups is 1. The standard InChI is InChI=1S/C17H24N4OS/c1-3-8-21(9-4-2)12-15-7-5-6-14(10-15)11-18-20-17-19-16(22)13-23-17/h5-7,10-11H,3-4,8-9,12-13H2,1-2H3,(H,19,20,22). The number of thioether (sulfide) groups is 1. The summed E-state index contributed by atoms with van der Waals surface area (Å²) >= 11 is 1.38. The largest absolute Gasteiger partial charge is 0.303 e. The summed E-state index contributed by atoms with van der Waals surface area (Å²) in [6.07, 6.45) is 4.07. The second kappa shape index (κ2) is 9.47. The van der Waals surface area contributed by atoms with Gasteiger partial charge in [0.05, 0.1) is 12.0 Å². The van der Waals surface area contributed by atoms with Gasteiger partial charge in [-0.1, -0.05) is 43.8 Å². The molecule has 0 radical (unpaired) electrons. The predicted octanol–water partition coefficient (Wildman–Crippen LogP) is 2.86. The smallest absolute Gasteiger partial charge is 0.236 e. The first-order valence-corrected chi connectivity index (χ1v) is 9.04. The zero-order valence-corrected chi connectivity index (χ0v) is 14.6. The number of hydrogen-bond donors (Lipinski definition) is 1. The molecule has 0 spiro atoms. The Morgan fingerprint density at radius 1 is 1.30 bits per heavy atom. The number of nitrogens with zero attached hydrogens (tertiary/aromatic N) is 3. The SMILES string of the molecule is CCCN(CCC)Cc1cccc(C=NN=C2NC(=O)CS2)c1. The summed E-state index contributed by atoms with van der Waals surface area (Å²) < 4.78 is 0. The fourth-order valence-electron chi connectivity index (χ4n) is 2.46. The van der Waals surface area contributed by atoms with Crippen molar-refractivity contribution in [2.45, 2.75) is 33.2 Å². The molecule has 0 unspecified atom stereocenters. The van der Waals surface area contributed by atoms with E-state index in [1.54, 1.807) is 6.21 Å². The van der Waals surface area contributed by atoms with Crippen LogP contribution in [0.15, 0.2) is 34.5 Å². The Labute approximate surface area is 142 Å². The Hall–Kier alpha value is -1.66. The van der Waals surface area contributed by atoms with E-state index in [9.17, 15) is 4.79 Å². The number of amides is 1. The minimum atomic E-state index is -0.0158. The topological polar surface area (TPSA) is 57.1 Å². The van der Waals surface area contributed by atoms with E-state index in [-0.39, 0.29) is 5.91 Å². The summed E-state index contributed by atoms with van der Waals surface area (Å²) in [5.41, 5.74) is 2.31. The molecule has 1 fully saturated rings. The summed E-state index contributed by atoms with van der Waals surface area (Å²) in [6, 6.07) is 8.35. The maximum absolute atomic E-state index is 11.1. The van der Waals surface area contributed by atoms with Gasteiger partial charge >= 0.3 is 0 Å². The van der Waals surface area contributed by atoms with Gasteiger partial charge in [-0.2, -0.15) is 5.10 Å². The number of carbonyl (C=O) groups is 1. The molecule has 1 saturated heterocycles. The van der Waals surface area contributed by atoms with Gasteiger partial charge in [-0.15, -0.1) is 5.10 Å². The first-order chi connectivity index (χ1) is 11.2. The highest BCUT2D eigenvalue weighted by Gasteiger charge is 2.15. The molecule has 1 aliphatic heterocycles. The normalized spacial score (nSPS) is 16.7. The van der Waals surface area contributed by atoms with Crippen LogP contribution >= 0.6 is 11.8 Å². The lowest BCUT2D eigenvalue weighted by Gasteiger charge is -2.21. The third kappa shape index (κ3) is 6.15. The molecule has 0 aliphatic carbocycles. The van der Waals surface area contributed by atoms with Crippen LogP contribution in [0.5, 0.6) is 0 Å². The van der Waals surface area contributed by atoms with Gasteiger partial charge in [0.2, 0.25) is 5.91 Å². The molecule has 6 heteroatoms. The minimum Gasteiger partial charge on any atom is -0.303 e. The van der Waals surface area contributed by atoms with E-state index in [0.717, 1.165) is 25.2 Å². The molecule has 1 aromatic rings. The quantitative estimate of drug-likeness (QED) is 0.588. The van der Waals surface area contributed by atoms with Crippen LogP contribution in [0.3, 0.4) is 0 Å². The molecular weight excluding hydrogens is 308 g/mol. The third-order valence-electron chi connectivity index (χ3n) is 3.38. The maximum atomic E-state index is 11.1. The Balaban J connectivity index is 1.97. The lowest BCUT2D eigenvalue weighted by molar-refractivity contribution is -0.116. The van der Waals surface area contributed by atoms with Crippen molar-refractivity contribution in [3.05, 3.63) is 35.4 Å². The molecule has 2 rings (SSSR count). The second-order valence-corrected chi connectivity index (χ2v) is 6.47. The van der Waals surface area contributed by atoms with E-state index in [2.05, 4.69) is 46.4 Å². The van der Waals surface area contributed by atoms with Crippen LogP contribution in [0.1, 0.15) is 37.8 Å². The lowest BCUT2D eigenvalue weighted by atomic mass is 10.1. The minimum absolute atomic E-state index is 0.0158. The molecule has 0 aromatic heterocycles. The fourth-order valence-corrected chi connectivity index (χ4v) is 3.09. The van der Waals surface area contributed by atoms with Crippen molar-refractivity contribution < 1.29 is 4.79 Å². The van der Waals surface area contributed by atoms with Gasteiger partial charge in [0.25, 0.3) is 0 Å². The van der Waals surface area contributed by atoms with Gasteiger partial charge in [0.1, 0.15) is 0 Å². The molecular formula is C17H24N4OS. The highest BCUT2D eigenvalue weighted by atomic mass is 32.2. The van der Waals surface area contributed by atoms with Crippen molar-refractivity contribution in [1.29, 1.82) is 0 Å². The van der Waals surface area contributed by atoms with E-state index in [4.69, 9.17) is 0 Å². The van der Waals surface area contributed by atoms with E-state index in [0.29, 0.717) is 10.9 Å². The van der Waals surface area contributed by atoms with Crippen LogP contribution in [-0.2, 0) is 11.3 Å². The number of rotatable bonds is 8. The average Bonchev–Trinajstić information content (AvgIpc) is 2.94. The summed E-state index contributed by atoms with van der Waals surface area (Å²) in [5.74, 6) is 0.409. The third-order valence-corrected chi connectivity index (χ3v) is 4.24. The number of hydrogen-bond acceptors (Lipinski definition) is 5. The Morgan fingerprint density at radius 2 is 2.09 bits per heavy atom. The number of carbonyl (C=O) groups excluding carboxylic acids is 1. The van der Waals surface area contributed by atoms with Crippen LogP contribution in [0.25, 0.3) is 0 Å². The first-order valence-electron chi connectivity index (χ1n) is 8.06. The van der Waals surface area contributed by atoms with Crippen molar-refractivity contribution in [3.8, 4) is 0 Å². The van der Waals surface area contributed by atoms with Crippen LogP contribution in [-0.4, -0.2) is 41.0 Å². The van der Waals surface area contributed by atoms with E-state index >= 15 is 0 Å². The zero-order valence-electron chi connectivity index (χ0n) is 13.8. The van der Waals surface area contributed by atoms with Crippen LogP contribution in [0, 0.1) is 0 Å². The first kappa shape index (κ1) is 17.7. The van der Waals surface area contributed by atoms with Crippen molar-refractivity contribution in [1.82, 2.24) is 10.2 Å². The van der Waals surface area contributed by atoms with E-state index < -0.39 is 0 Å². The molecule has 0 atom stereocenters. The summed E-state index contributed by atoms with van der Waals surface area (Å²) in [5, 5.41) is 11.3. The summed E-state index contributed by atoms with van der Waals surface area (Å²) in [4.78, 5) is 13.5. The zero-order chi connectivity index (χ0) is 16.5. The monoisotopic (exact) mass is 332 g/mol. The Kier molecular flexibility index (Phi) is 7.29. The number of benzene rings is 1. The van der Waals surface area contributed by atoms with E-state index in [1.807, 2.05) is 12.1 Å². The van der Waals surface area contributed by atoms with Gasteiger partial charge in [0.15, 0.2) is 5.17 Å². The maximum Gasteiger partial charge on any atom is 0.236 e. The molecule has 0 bridgehead atoms. The van der Waals surface area contributed by atoms with Gasteiger partial charge in [0, 0.05) is 6.54 Å². The average molecular weight is 332 g/mol. The van der Waals surface area contributed by atoms with Crippen molar-refractivity contribution in [2.75, 3.05) is 18.8 Å². The Bertz CT molecular complexity index is 580. The molecule has 1 amide bonds. The van der Waals surface area contributed by atoms with Gasteiger partial charge in [-0.25, -0.2) is 0 Å². The van der Waals surface area contributed by atoms with Gasteiger partial charge in [-0.05, 0) is 43.1 Å². The van der Waals surface area contributed by atoms with Crippen molar-refractivity contribution >= 4 is 29.1 Å². The van der Waals surface area contributed by atoms with Gasteiger partial charge < -0.3 is 5.32 Å². The Morgan fingerprint density at radius 3 is 2.74 bits per heavy atom. The molecule has 0 saturated carbocycles. The molecule has 124 valence electrons. The fraction of sp³-hybridized carbons (Fsp3) is 0.471. The van der Waals surface area contributed by atoms with E-state index in [1.165, 1.54) is 30.2 Å². The molecule has 1 heterocycles. The molecule has 23 heavy (non-hydrogen) atoms. The number of nitrogens with one attached hydrogen (secondary N) is 1. The summed E-state index contributed by atoms with van der Waals surface area (Å²) in [7, 11) is 0. The molecule has 1 aromatic carbocycles. The van der Waals surface area contributed by atoms with Crippen molar-refractivity contribution in [2.24, 2.45) is 10.2 Å². The molecule has 1 N–H and O–H groups in total. The van der Waals surface area contributed by atoms with Crippen LogP contribution in [0.4, 0.5) is 0 Å². The van der Waals surface area contributed by atoms with Crippen molar-refractivity contribution in [3.63, 3.8) is 0 Å². The van der Waals surface area contributed by atoms with Crippen LogP contribution < -0.4 is 5.32 Å². The second-order valence-electron chi connectivity index (χ2n) is 5.51. The highest BCUT2D eigenvalue weighted by molar-refractivity contribution is 8.15. The molecule has 5 nitrogen and oxygen atoms in total. The van der Waals surface area contributed by atoms with Gasteiger partial charge in [-0.3, -0.25) is 9.69 Å². The highest BCUT2D eigenvalue weighted by Crippen LogP contribution is 2.10. The molecule has 1 aliphatic rings. The lowest BCUT2D eigenvalue weighted by Crippen LogP contribution is -2.24. The predicted molar refractivity (Wildman–Crippen MR) is 97.9 cm³/mol. The van der Waals surface area contributed by atoms with Crippen LogP contribution in [0.2, 0.25) is 0 Å².